The fourth-order valence-corrected chi connectivity index (χ4v) is 2.86. The molecule has 2 heterocycles. The molecule has 0 saturated carbocycles. The van der Waals surface area contributed by atoms with E-state index in [9.17, 15) is 0 Å². The summed E-state index contributed by atoms with van der Waals surface area (Å²) >= 11 is 6.25. The van der Waals surface area contributed by atoms with Gasteiger partial charge in [0, 0.05) is 17.6 Å². The molecule has 1 aliphatic heterocycles. The molecule has 5 heteroatoms. The minimum Gasteiger partial charge on any atom is -0.338 e. The number of aryl methyl sites for hydroxylation is 1. The van der Waals surface area contributed by atoms with Gasteiger partial charge in [-0.1, -0.05) is 35.7 Å². The van der Waals surface area contributed by atoms with Crippen LogP contribution in [0.4, 0.5) is 0 Å². The fourth-order valence-electron chi connectivity index (χ4n) is 2.68. The molecule has 0 atom stereocenters. The summed E-state index contributed by atoms with van der Waals surface area (Å²) < 4.78 is 0. The van der Waals surface area contributed by atoms with Crippen molar-refractivity contribution in [2.24, 2.45) is 0 Å². The third kappa shape index (κ3) is 3.64. The summed E-state index contributed by atoms with van der Waals surface area (Å²) in [6, 6.07) is 8.11. The SMILES string of the molecule is CC#CCN1CN(Cc2nc(C)c3ccccc3n2)CC=C1Cl. The topological polar surface area (TPSA) is 32.3 Å². The van der Waals surface area contributed by atoms with Crippen LogP contribution in [0.15, 0.2) is 35.5 Å². The maximum atomic E-state index is 6.25. The van der Waals surface area contributed by atoms with Crippen molar-refractivity contribution in [3.63, 3.8) is 0 Å². The molecule has 1 aromatic carbocycles. The molecule has 0 saturated heterocycles. The average Bonchev–Trinajstić information content (AvgIpc) is 2.55. The molecule has 4 nitrogen and oxygen atoms in total. The second kappa shape index (κ2) is 6.99. The smallest absolute Gasteiger partial charge is 0.143 e. The highest BCUT2D eigenvalue weighted by molar-refractivity contribution is 6.29. The van der Waals surface area contributed by atoms with Crippen molar-refractivity contribution in [3.05, 3.63) is 47.0 Å². The fraction of sp³-hybridized carbons (Fsp3) is 0.333. The first-order valence-corrected chi connectivity index (χ1v) is 8.00. The molecule has 0 aliphatic carbocycles. The lowest BCUT2D eigenvalue weighted by Crippen LogP contribution is -2.40. The highest BCUT2D eigenvalue weighted by Crippen LogP contribution is 2.19. The van der Waals surface area contributed by atoms with E-state index in [0.29, 0.717) is 13.1 Å². The standard InChI is InChI=1S/C18H19ClN4/c1-3-4-10-23-13-22(11-9-17(23)19)12-18-20-14(2)15-7-5-6-8-16(15)21-18/h5-9H,10-13H2,1-2H3. The Bertz CT molecular complexity index is 804. The Morgan fingerprint density at radius 1 is 1.26 bits per heavy atom. The van der Waals surface area contributed by atoms with E-state index in [4.69, 9.17) is 11.6 Å². The Hall–Kier alpha value is -2.09. The van der Waals surface area contributed by atoms with E-state index in [1.807, 2.05) is 38.1 Å². The zero-order valence-corrected chi connectivity index (χ0v) is 14.1. The minimum atomic E-state index is 0.639. The van der Waals surface area contributed by atoms with Gasteiger partial charge in [-0.3, -0.25) is 4.90 Å². The van der Waals surface area contributed by atoms with Crippen molar-refractivity contribution in [1.29, 1.82) is 0 Å². The van der Waals surface area contributed by atoms with E-state index in [1.54, 1.807) is 0 Å². The van der Waals surface area contributed by atoms with Crippen LogP contribution in [-0.4, -0.2) is 39.5 Å². The van der Waals surface area contributed by atoms with E-state index in [-0.39, 0.29) is 0 Å². The molecule has 2 aromatic rings. The average molecular weight is 327 g/mol. The van der Waals surface area contributed by atoms with E-state index in [0.717, 1.165) is 40.8 Å². The van der Waals surface area contributed by atoms with Crippen LogP contribution in [-0.2, 0) is 6.54 Å². The van der Waals surface area contributed by atoms with Gasteiger partial charge >= 0.3 is 0 Å². The van der Waals surface area contributed by atoms with Crippen molar-refractivity contribution in [2.75, 3.05) is 19.8 Å². The van der Waals surface area contributed by atoms with Gasteiger partial charge in [-0.05, 0) is 26.0 Å². The number of aromatic nitrogens is 2. The Labute approximate surface area is 141 Å². The molecule has 0 unspecified atom stereocenters. The summed E-state index contributed by atoms with van der Waals surface area (Å²) in [5.74, 6) is 6.81. The van der Waals surface area contributed by atoms with Gasteiger partial charge in [-0.2, -0.15) is 0 Å². The van der Waals surface area contributed by atoms with Crippen LogP contribution < -0.4 is 0 Å². The number of benzene rings is 1. The van der Waals surface area contributed by atoms with Crippen LogP contribution in [0.5, 0.6) is 0 Å². The Balaban J connectivity index is 1.78. The zero-order valence-electron chi connectivity index (χ0n) is 13.4. The molecule has 118 valence electrons. The number of rotatable bonds is 3. The molecular weight excluding hydrogens is 308 g/mol. The van der Waals surface area contributed by atoms with E-state index in [1.165, 1.54) is 0 Å². The van der Waals surface area contributed by atoms with Crippen molar-refractivity contribution in [3.8, 4) is 11.8 Å². The van der Waals surface area contributed by atoms with Gasteiger partial charge in [-0.25, -0.2) is 9.97 Å². The molecule has 0 N–H and O–H groups in total. The monoisotopic (exact) mass is 326 g/mol. The summed E-state index contributed by atoms with van der Waals surface area (Å²) in [5, 5.41) is 1.87. The van der Waals surface area contributed by atoms with Crippen molar-refractivity contribution < 1.29 is 0 Å². The van der Waals surface area contributed by atoms with Crippen LogP contribution in [0.2, 0.25) is 0 Å². The summed E-state index contributed by atoms with van der Waals surface area (Å²) in [6.45, 7) is 6.74. The number of nitrogens with zero attached hydrogens (tertiary/aromatic N) is 4. The highest BCUT2D eigenvalue weighted by Gasteiger charge is 2.18. The third-order valence-electron chi connectivity index (χ3n) is 3.84. The quantitative estimate of drug-likeness (QED) is 0.641. The maximum Gasteiger partial charge on any atom is 0.143 e. The summed E-state index contributed by atoms with van der Waals surface area (Å²) in [4.78, 5) is 13.6. The van der Waals surface area contributed by atoms with Crippen LogP contribution in [0, 0.1) is 18.8 Å². The third-order valence-corrected chi connectivity index (χ3v) is 4.24. The first-order chi connectivity index (χ1) is 11.2. The zero-order chi connectivity index (χ0) is 16.2. The van der Waals surface area contributed by atoms with Gasteiger partial charge in [0.05, 0.1) is 25.3 Å². The predicted octanol–water partition coefficient (Wildman–Crippen LogP) is 3.12. The molecule has 0 amide bonds. The van der Waals surface area contributed by atoms with Gasteiger partial charge in [0.2, 0.25) is 0 Å². The van der Waals surface area contributed by atoms with Crippen LogP contribution in [0.3, 0.4) is 0 Å². The molecular formula is C18H19ClN4. The van der Waals surface area contributed by atoms with Crippen molar-refractivity contribution in [1.82, 2.24) is 19.8 Å². The molecule has 1 aliphatic rings. The van der Waals surface area contributed by atoms with Gasteiger partial charge in [-0.15, -0.1) is 5.92 Å². The Morgan fingerprint density at radius 3 is 2.91 bits per heavy atom. The number of hydrogen-bond donors (Lipinski definition) is 0. The summed E-state index contributed by atoms with van der Waals surface area (Å²) in [5.41, 5.74) is 2.01. The normalized spacial score (nSPS) is 15.3. The molecule has 0 bridgehead atoms. The number of halogens is 1. The number of para-hydroxylation sites is 1. The number of hydrogen-bond acceptors (Lipinski definition) is 4. The second-order valence-corrected chi connectivity index (χ2v) is 5.93. The van der Waals surface area contributed by atoms with Crippen molar-refractivity contribution in [2.45, 2.75) is 20.4 Å². The molecule has 3 rings (SSSR count). The largest absolute Gasteiger partial charge is 0.338 e. The van der Waals surface area contributed by atoms with E-state index >= 15 is 0 Å². The van der Waals surface area contributed by atoms with Gasteiger partial charge in [0.25, 0.3) is 0 Å². The van der Waals surface area contributed by atoms with E-state index < -0.39 is 0 Å². The molecule has 23 heavy (non-hydrogen) atoms. The van der Waals surface area contributed by atoms with Gasteiger partial charge in [0.15, 0.2) is 0 Å². The van der Waals surface area contributed by atoms with Crippen LogP contribution in [0.1, 0.15) is 18.4 Å². The minimum absolute atomic E-state index is 0.639. The molecule has 0 radical (unpaired) electrons. The summed E-state index contributed by atoms with van der Waals surface area (Å²) in [6.07, 6.45) is 2.01. The second-order valence-electron chi connectivity index (χ2n) is 5.55. The maximum absolute atomic E-state index is 6.25. The summed E-state index contributed by atoms with van der Waals surface area (Å²) in [7, 11) is 0. The lowest BCUT2D eigenvalue weighted by Gasteiger charge is -2.33. The van der Waals surface area contributed by atoms with Gasteiger partial charge < -0.3 is 4.90 Å². The first kappa shape index (κ1) is 15.8. The molecule has 0 fully saturated rings. The molecule has 1 aromatic heterocycles. The van der Waals surface area contributed by atoms with Crippen molar-refractivity contribution >= 4 is 22.5 Å². The number of fused-ring (bicyclic) bond motifs is 1. The predicted molar refractivity (Wildman–Crippen MR) is 93.6 cm³/mol. The lowest BCUT2D eigenvalue weighted by molar-refractivity contribution is 0.166. The van der Waals surface area contributed by atoms with E-state index in [2.05, 4.69) is 37.7 Å². The highest BCUT2D eigenvalue weighted by atomic mass is 35.5. The molecule has 0 spiro atoms. The lowest BCUT2D eigenvalue weighted by atomic mass is 10.2. The Morgan fingerprint density at radius 2 is 2.09 bits per heavy atom. The first-order valence-electron chi connectivity index (χ1n) is 7.62. The van der Waals surface area contributed by atoms with Crippen LogP contribution in [0.25, 0.3) is 10.9 Å². The van der Waals surface area contributed by atoms with Gasteiger partial charge in [0.1, 0.15) is 11.0 Å². The Kier molecular flexibility index (Phi) is 4.80. The van der Waals surface area contributed by atoms with Crippen LogP contribution >= 0.6 is 11.6 Å².